The van der Waals surface area contributed by atoms with Crippen LogP contribution in [-0.2, 0) is 11.3 Å². The van der Waals surface area contributed by atoms with Crippen LogP contribution in [0.15, 0.2) is 6.07 Å². The van der Waals surface area contributed by atoms with Crippen LogP contribution in [0.4, 0.5) is 0 Å². The van der Waals surface area contributed by atoms with Gasteiger partial charge in [-0.25, -0.2) is 0 Å². The Morgan fingerprint density at radius 3 is 3.00 bits per heavy atom. The van der Waals surface area contributed by atoms with Crippen molar-refractivity contribution in [3.05, 3.63) is 17.5 Å². The van der Waals surface area contributed by atoms with Crippen molar-refractivity contribution in [2.24, 2.45) is 5.92 Å². The van der Waals surface area contributed by atoms with Gasteiger partial charge in [-0.15, -0.1) is 0 Å². The lowest BCUT2D eigenvalue weighted by atomic mass is 10.0. The Morgan fingerprint density at radius 2 is 2.39 bits per heavy atom. The van der Waals surface area contributed by atoms with E-state index in [0.717, 1.165) is 38.4 Å². The minimum Gasteiger partial charge on any atom is -0.381 e. The fraction of sp³-hybridized carbons (Fsp3) is 0.786. The van der Waals surface area contributed by atoms with Crippen LogP contribution in [0.25, 0.3) is 0 Å². The molecule has 2 rings (SSSR count). The van der Waals surface area contributed by atoms with Crippen molar-refractivity contribution in [2.45, 2.75) is 46.2 Å². The second kappa shape index (κ2) is 6.34. The van der Waals surface area contributed by atoms with Gasteiger partial charge in [-0.3, -0.25) is 4.68 Å². The van der Waals surface area contributed by atoms with Gasteiger partial charge in [-0.1, -0.05) is 0 Å². The average Bonchev–Trinajstić information content (AvgIpc) is 2.94. The Morgan fingerprint density at radius 1 is 1.56 bits per heavy atom. The second-order valence-electron chi connectivity index (χ2n) is 5.37. The zero-order valence-electron chi connectivity index (χ0n) is 11.8. The number of hydrogen-bond acceptors (Lipinski definition) is 3. The summed E-state index contributed by atoms with van der Waals surface area (Å²) in [6, 6.07) is 2.69. The molecule has 2 unspecified atom stereocenters. The van der Waals surface area contributed by atoms with Gasteiger partial charge in [0.2, 0.25) is 0 Å². The van der Waals surface area contributed by atoms with E-state index >= 15 is 0 Å². The average molecular weight is 251 g/mol. The normalized spacial score (nSPS) is 21.4. The third-order valence-corrected chi connectivity index (χ3v) is 3.79. The molecule has 0 spiro atoms. The van der Waals surface area contributed by atoms with Gasteiger partial charge < -0.3 is 10.1 Å². The maximum absolute atomic E-state index is 5.42. The molecule has 0 amide bonds. The van der Waals surface area contributed by atoms with E-state index in [1.807, 2.05) is 6.92 Å². The van der Waals surface area contributed by atoms with Crippen LogP contribution in [0.5, 0.6) is 0 Å². The maximum atomic E-state index is 5.42. The molecule has 0 saturated carbocycles. The van der Waals surface area contributed by atoms with Gasteiger partial charge in [0.15, 0.2) is 0 Å². The molecule has 0 aliphatic carbocycles. The highest BCUT2D eigenvalue weighted by Gasteiger charge is 2.21. The first-order valence-electron chi connectivity index (χ1n) is 6.99. The molecule has 1 aliphatic heterocycles. The third kappa shape index (κ3) is 3.56. The Balaban J connectivity index is 1.65. The van der Waals surface area contributed by atoms with E-state index < -0.39 is 0 Å². The van der Waals surface area contributed by atoms with E-state index in [1.54, 1.807) is 0 Å². The summed E-state index contributed by atoms with van der Waals surface area (Å²) in [5.41, 5.74) is 2.36. The molecule has 0 aromatic carbocycles. The summed E-state index contributed by atoms with van der Waals surface area (Å²) in [6.07, 6.45) is 2.32. The second-order valence-corrected chi connectivity index (χ2v) is 5.37. The van der Waals surface area contributed by atoms with Crippen molar-refractivity contribution in [3.63, 3.8) is 0 Å². The predicted octanol–water partition coefficient (Wildman–Crippen LogP) is 1.90. The fourth-order valence-electron chi connectivity index (χ4n) is 2.57. The number of nitrogens with one attached hydrogen (secondary N) is 1. The first kappa shape index (κ1) is 13.6. The number of ether oxygens (including phenoxy) is 1. The number of rotatable bonds is 6. The summed E-state index contributed by atoms with van der Waals surface area (Å²) >= 11 is 0. The van der Waals surface area contributed by atoms with E-state index in [9.17, 15) is 0 Å². The highest BCUT2D eigenvalue weighted by molar-refractivity contribution is 5.06. The highest BCUT2D eigenvalue weighted by atomic mass is 16.5. The number of aromatic nitrogens is 2. The van der Waals surface area contributed by atoms with Gasteiger partial charge in [-0.2, -0.15) is 5.10 Å². The zero-order chi connectivity index (χ0) is 13.0. The van der Waals surface area contributed by atoms with Crippen LogP contribution >= 0.6 is 0 Å². The third-order valence-electron chi connectivity index (χ3n) is 3.79. The molecule has 2 heterocycles. The Labute approximate surface area is 110 Å². The molecule has 1 N–H and O–H groups in total. The van der Waals surface area contributed by atoms with Crippen molar-refractivity contribution < 1.29 is 4.74 Å². The summed E-state index contributed by atoms with van der Waals surface area (Å²) in [6.45, 7) is 10.3. The summed E-state index contributed by atoms with van der Waals surface area (Å²) in [5, 5.41) is 8.07. The fourth-order valence-corrected chi connectivity index (χ4v) is 2.57. The Hall–Kier alpha value is -0.870. The van der Waals surface area contributed by atoms with Crippen molar-refractivity contribution >= 4 is 0 Å². The lowest BCUT2D eigenvalue weighted by Gasteiger charge is -2.19. The molecule has 1 saturated heterocycles. The van der Waals surface area contributed by atoms with Gasteiger partial charge in [-0.05, 0) is 52.1 Å². The Bertz CT molecular complexity index is 369. The van der Waals surface area contributed by atoms with Crippen molar-refractivity contribution in [1.82, 2.24) is 15.1 Å². The molecule has 4 nitrogen and oxygen atoms in total. The minimum atomic E-state index is 0.563. The van der Waals surface area contributed by atoms with Crippen LogP contribution in [0.3, 0.4) is 0 Å². The molecule has 0 radical (unpaired) electrons. The van der Waals surface area contributed by atoms with E-state index in [4.69, 9.17) is 4.74 Å². The molecule has 1 fully saturated rings. The minimum absolute atomic E-state index is 0.563. The monoisotopic (exact) mass is 251 g/mol. The standard InChI is InChI=1S/C14H25N3O/c1-11-9-12(2)17(16-11)7-4-6-15-13(3)14-5-8-18-10-14/h9,13-15H,4-8,10H2,1-3H3. The van der Waals surface area contributed by atoms with Crippen LogP contribution in [-0.4, -0.2) is 35.6 Å². The topological polar surface area (TPSA) is 39.1 Å². The Kier molecular flexibility index (Phi) is 4.78. The predicted molar refractivity (Wildman–Crippen MR) is 72.7 cm³/mol. The molecule has 18 heavy (non-hydrogen) atoms. The van der Waals surface area contributed by atoms with Crippen LogP contribution in [0.2, 0.25) is 0 Å². The van der Waals surface area contributed by atoms with E-state index in [0.29, 0.717) is 12.0 Å². The lowest BCUT2D eigenvalue weighted by molar-refractivity contribution is 0.178. The van der Waals surface area contributed by atoms with Gasteiger partial charge in [0, 0.05) is 24.9 Å². The van der Waals surface area contributed by atoms with Crippen LogP contribution in [0.1, 0.15) is 31.2 Å². The zero-order valence-corrected chi connectivity index (χ0v) is 11.8. The van der Waals surface area contributed by atoms with Crippen LogP contribution in [0, 0.1) is 19.8 Å². The molecule has 1 aliphatic rings. The first-order chi connectivity index (χ1) is 8.66. The SMILES string of the molecule is Cc1cc(C)n(CCCNC(C)C2CCOC2)n1. The van der Waals surface area contributed by atoms with Gasteiger partial charge in [0.1, 0.15) is 0 Å². The van der Waals surface area contributed by atoms with Gasteiger partial charge in [0.25, 0.3) is 0 Å². The maximum Gasteiger partial charge on any atom is 0.0596 e. The summed E-state index contributed by atoms with van der Waals surface area (Å²) in [4.78, 5) is 0. The van der Waals surface area contributed by atoms with Crippen molar-refractivity contribution in [2.75, 3.05) is 19.8 Å². The first-order valence-corrected chi connectivity index (χ1v) is 6.99. The molecule has 1 aromatic rings. The van der Waals surface area contributed by atoms with Crippen molar-refractivity contribution in [1.29, 1.82) is 0 Å². The number of nitrogens with zero attached hydrogens (tertiary/aromatic N) is 2. The molecule has 4 heteroatoms. The van der Waals surface area contributed by atoms with E-state index in [-0.39, 0.29) is 0 Å². The molecule has 102 valence electrons. The molecule has 1 aromatic heterocycles. The largest absolute Gasteiger partial charge is 0.381 e. The van der Waals surface area contributed by atoms with Gasteiger partial charge in [0.05, 0.1) is 12.3 Å². The lowest BCUT2D eigenvalue weighted by Crippen LogP contribution is -2.34. The van der Waals surface area contributed by atoms with E-state index in [2.05, 4.69) is 35.0 Å². The van der Waals surface area contributed by atoms with Crippen LogP contribution < -0.4 is 5.32 Å². The molecule has 0 bridgehead atoms. The smallest absolute Gasteiger partial charge is 0.0596 e. The van der Waals surface area contributed by atoms with Crippen molar-refractivity contribution in [3.8, 4) is 0 Å². The molecular weight excluding hydrogens is 226 g/mol. The quantitative estimate of drug-likeness (QED) is 0.785. The highest BCUT2D eigenvalue weighted by Crippen LogP contribution is 2.16. The van der Waals surface area contributed by atoms with Gasteiger partial charge >= 0.3 is 0 Å². The summed E-state index contributed by atoms with van der Waals surface area (Å²) in [7, 11) is 0. The summed E-state index contributed by atoms with van der Waals surface area (Å²) < 4.78 is 7.52. The number of aryl methyl sites for hydroxylation is 3. The number of hydrogen-bond donors (Lipinski definition) is 1. The summed E-state index contributed by atoms with van der Waals surface area (Å²) in [5.74, 6) is 0.693. The molecular formula is C14H25N3O. The molecule has 2 atom stereocenters. The van der Waals surface area contributed by atoms with E-state index in [1.165, 1.54) is 12.1 Å².